The predicted molar refractivity (Wildman–Crippen MR) is 144 cm³/mol. The number of fused-ring (bicyclic) bond motifs is 1. The standard InChI is InChI=1S/C28H24BrN3O4/c29-25-23(13-12-22-24(25)26(33)21(16-31-22)28(35)36)30-15-20-7-4-14-32(20)27(34)19-10-8-18(9-11-19)17-5-2-1-3-6-17/h1-3,5-6,8-13,16,20,30H,4,7,14-15H2,(H,31,33)(H,35,36). The molecule has 0 aliphatic carbocycles. The second-order valence-electron chi connectivity index (χ2n) is 8.81. The molecule has 1 fully saturated rings. The van der Waals surface area contributed by atoms with Gasteiger partial charge in [0.1, 0.15) is 5.56 Å². The number of benzene rings is 3. The molecule has 4 aromatic rings. The average Bonchev–Trinajstić information content (AvgIpc) is 3.37. The monoisotopic (exact) mass is 545 g/mol. The minimum atomic E-state index is -1.28. The molecule has 3 aromatic carbocycles. The molecule has 182 valence electrons. The number of carboxylic acid groups (broad SMARTS) is 1. The predicted octanol–water partition coefficient (Wildman–Crippen LogP) is 5.37. The first kappa shape index (κ1) is 23.8. The van der Waals surface area contributed by atoms with Gasteiger partial charge < -0.3 is 20.3 Å². The highest BCUT2D eigenvalue weighted by Gasteiger charge is 2.29. The lowest BCUT2D eigenvalue weighted by molar-refractivity contribution is 0.0693. The van der Waals surface area contributed by atoms with E-state index >= 15 is 0 Å². The first-order valence-electron chi connectivity index (χ1n) is 11.7. The third-order valence-corrected chi connectivity index (χ3v) is 7.44. The van der Waals surface area contributed by atoms with Crippen LogP contribution in [-0.2, 0) is 0 Å². The molecule has 1 aliphatic heterocycles. The molecule has 0 radical (unpaired) electrons. The van der Waals surface area contributed by atoms with E-state index in [2.05, 4.69) is 26.2 Å². The molecule has 1 atom stereocenters. The fourth-order valence-electron chi connectivity index (χ4n) is 4.71. The van der Waals surface area contributed by atoms with Crippen LogP contribution in [0.2, 0.25) is 0 Å². The molecule has 1 unspecified atom stereocenters. The lowest BCUT2D eigenvalue weighted by Gasteiger charge is -2.26. The van der Waals surface area contributed by atoms with Crippen LogP contribution in [0.15, 0.2) is 82.2 Å². The van der Waals surface area contributed by atoms with E-state index in [-0.39, 0.29) is 22.9 Å². The van der Waals surface area contributed by atoms with Gasteiger partial charge in [-0.3, -0.25) is 9.59 Å². The number of aromatic carboxylic acids is 1. The summed E-state index contributed by atoms with van der Waals surface area (Å²) in [6, 6.07) is 21.3. The number of pyridine rings is 1. The fraction of sp³-hybridized carbons (Fsp3) is 0.179. The highest BCUT2D eigenvalue weighted by Crippen LogP contribution is 2.30. The van der Waals surface area contributed by atoms with Crippen molar-refractivity contribution in [1.82, 2.24) is 9.88 Å². The molecule has 0 bridgehead atoms. The number of rotatable bonds is 6. The first-order chi connectivity index (χ1) is 17.4. The van der Waals surface area contributed by atoms with Crippen molar-refractivity contribution in [2.24, 2.45) is 0 Å². The van der Waals surface area contributed by atoms with Crippen LogP contribution in [-0.4, -0.2) is 46.0 Å². The van der Waals surface area contributed by atoms with Gasteiger partial charge in [-0.2, -0.15) is 0 Å². The van der Waals surface area contributed by atoms with Crippen molar-refractivity contribution >= 4 is 44.4 Å². The summed E-state index contributed by atoms with van der Waals surface area (Å²) in [7, 11) is 0. The smallest absolute Gasteiger partial charge is 0.341 e. The Morgan fingerprint density at radius 3 is 2.47 bits per heavy atom. The molecule has 0 spiro atoms. The Kier molecular flexibility index (Phi) is 6.61. The first-order valence-corrected chi connectivity index (χ1v) is 12.5. The second-order valence-corrected chi connectivity index (χ2v) is 9.60. The Morgan fingerprint density at radius 2 is 1.75 bits per heavy atom. The minimum absolute atomic E-state index is 0.000895. The maximum Gasteiger partial charge on any atom is 0.341 e. The molecular weight excluding hydrogens is 522 g/mol. The molecule has 7 nitrogen and oxygen atoms in total. The summed E-state index contributed by atoms with van der Waals surface area (Å²) in [5.74, 6) is -1.28. The molecule has 1 aliphatic rings. The highest BCUT2D eigenvalue weighted by molar-refractivity contribution is 9.10. The van der Waals surface area contributed by atoms with Gasteiger partial charge in [0, 0.05) is 36.6 Å². The molecule has 0 saturated carbocycles. The minimum Gasteiger partial charge on any atom is -0.477 e. The van der Waals surface area contributed by atoms with E-state index in [9.17, 15) is 19.5 Å². The Morgan fingerprint density at radius 1 is 1.03 bits per heavy atom. The Bertz CT molecular complexity index is 1500. The summed E-state index contributed by atoms with van der Waals surface area (Å²) in [6.07, 6.45) is 3.00. The number of anilines is 1. The maximum absolute atomic E-state index is 13.3. The van der Waals surface area contributed by atoms with Gasteiger partial charge in [0.2, 0.25) is 5.43 Å². The van der Waals surface area contributed by atoms with Gasteiger partial charge in [0.25, 0.3) is 5.91 Å². The third kappa shape index (κ3) is 4.52. The van der Waals surface area contributed by atoms with Gasteiger partial charge in [0.15, 0.2) is 0 Å². The normalized spacial score (nSPS) is 15.2. The lowest BCUT2D eigenvalue weighted by Crippen LogP contribution is -2.39. The van der Waals surface area contributed by atoms with E-state index in [1.54, 1.807) is 6.07 Å². The van der Waals surface area contributed by atoms with Gasteiger partial charge in [-0.25, -0.2) is 4.79 Å². The topological polar surface area (TPSA) is 102 Å². The van der Waals surface area contributed by atoms with Crippen LogP contribution < -0.4 is 10.7 Å². The molecule has 1 amide bonds. The van der Waals surface area contributed by atoms with Crippen LogP contribution in [0.3, 0.4) is 0 Å². The SMILES string of the molecule is O=C(O)c1c[nH]c2ccc(NCC3CCCN3C(=O)c3ccc(-c4ccccc4)cc3)c(Br)c2c1=O. The fourth-order valence-corrected chi connectivity index (χ4v) is 5.37. The van der Waals surface area contributed by atoms with Crippen molar-refractivity contribution in [3.8, 4) is 11.1 Å². The zero-order chi connectivity index (χ0) is 25.2. The van der Waals surface area contributed by atoms with Gasteiger partial charge in [-0.15, -0.1) is 0 Å². The lowest BCUT2D eigenvalue weighted by atomic mass is 10.0. The summed E-state index contributed by atoms with van der Waals surface area (Å²) in [5.41, 5.74) is 3.17. The van der Waals surface area contributed by atoms with E-state index in [0.29, 0.717) is 34.3 Å². The van der Waals surface area contributed by atoms with Gasteiger partial charge >= 0.3 is 5.97 Å². The molecule has 1 aromatic heterocycles. The Labute approximate surface area is 215 Å². The molecule has 1 saturated heterocycles. The number of halogens is 1. The summed E-state index contributed by atoms with van der Waals surface area (Å²) in [4.78, 5) is 42.1. The van der Waals surface area contributed by atoms with Gasteiger partial charge in [0.05, 0.1) is 15.4 Å². The zero-order valence-corrected chi connectivity index (χ0v) is 20.9. The molecule has 36 heavy (non-hydrogen) atoms. The Balaban J connectivity index is 1.32. The van der Waals surface area contributed by atoms with Crippen LogP contribution >= 0.6 is 15.9 Å². The van der Waals surface area contributed by atoms with Gasteiger partial charge in [-0.1, -0.05) is 42.5 Å². The summed E-state index contributed by atoms with van der Waals surface area (Å²) in [5, 5.41) is 12.9. The van der Waals surface area contributed by atoms with Crippen molar-refractivity contribution in [2.75, 3.05) is 18.4 Å². The third-order valence-electron chi connectivity index (χ3n) is 6.62. The van der Waals surface area contributed by atoms with Crippen molar-refractivity contribution in [1.29, 1.82) is 0 Å². The van der Waals surface area contributed by atoms with E-state index < -0.39 is 11.4 Å². The number of nitrogens with one attached hydrogen (secondary N) is 2. The van der Waals surface area contributed by atoms with E-state index in [4.69, 9.17) is 0 Å². The number of nitrogens with zero attached hydrogens (tertiary/aromatic N) is 1. The number of carboxylic acids is 1. The number of carbonyl (C=O) groups excluding carboxylic acids is 1. The quantitative estimate of drug-likeness (QED) is 0.302. The molecule has 8 heteroatoms. The number of likely N-dealkylation sites (tertiary alicyclic amines) is 1. The molecule has 3 N–H and O–H groups in total. The average molecular weight is 546 g/mol. The van der Waals surface area contributed by atoms with Crippen LogP contribution in [0.4, 0.5) is 5.69 Å². The summed E-state index contributed by atoms with van der Waals surface area (Å²) in [6.45, 7) is 1.20. The molecule has 2 heterocycles. The Hall–Kier alpha value is -3.91. The second kappa shape index (κ2) is 9.99. The van der Waals surface area contributed by atoms with E-state index in [1.807, 2.05) is 65.6 Å². The maximum atomic E-state index is 13.3. The summed E-state index contributed by atoms with van der Waals surface area (Å²) >= 11 is 3.48. The number of H-pyrrole nitrogens is 1. The number of hydrogen-bond acceptors (Lipinski definition) is 4. The van der Waals surface area contributed by atoms with Crippen LogP contribution in [0.5, 0.6) is 0 Å². The van der Waals surface area contributed by atoms with Crippen molar-refractivity contribution in [3.05, 3.63) is 98.7 Å². The van der Waals surface area contributed by atoms with E-state index in [1.165, 1.54) is 6.20 Å². The van der Waals surface area contributed by atoms with Crippen molar-refractivity contribution in [3.63, 3.8) is 0 Å². The number of amides is 1. The van der Waals surface area contributed by atoms with Crippen LogP contribution in [0.1, 0.15) is 33.6 Å². The summed E-state index contributed by atoms with van der Waals surface area (Å²) < 4.78 is 0.497. The van der Waals surface area contributed by atoms with E-state index in [0.717, 1.165) is 24.0 Å². The van der Waals surface area contributed by atoms with Crippen molar-refractivity contribution < 1.29 is 14.7 Å². The molecular formula is C28H24BrN3O4. The van der Waals surface area contributed by atoms with Crippen molar-refractivity contribution in [2.45, 2.75) is 18.9 Å². The van der Waals surface area contributed by atoms with Gasteiger partial charge in [-0.05, 0) is 64.2 Å². The number of carbonyl (C=O) groups is 2. The number of hydrogen-bond donors (Lipinski definition) is 3. The number of aromatic amines is 1. The largest absolute Gasteiger partial charge is 0.477 e. The highest BCUT2D eigenvalue weighted by atomic mass is 79.9. The number of aromatic nitrogens is 1. The zero-order valence-electron chi connectivity index (χ0n) is 19.3. The molecule has 5 rings (SSSR count). The van der Waals surface area contributed by atoms with Crippen LogP contribution in [0.25, 0.3) is 22.0 Å². The van der Waals surface area contributed by atoms with Crippen LogP contribution in [0, 0.1) is 0 Å².